The van der Waals surface area contributed by atoms with Gasteiger partial charge in [0.25, 0.3) is 0 Å². The first-order chi connectivity index (χ1) is 15.7. The van der Waals surface area contributed by atoms with E-state index >= 15 is 0 Å². The monoisotopic (exact) mass is 451 g/mol. The molecule has 33 heavy (non-hydrogen) atoms. The van der Waals surface area contributed by atoms with E-state index in [4.69, 9.17) is 15.0 Å². The van der Waals surface area contributed by atoms with Gasteiger partial charge >= 0.3 is 12.1 Å². The summed E-state index contributed by atoms with van der Waals surface area (Å²) in [6, 6.07) is 10.4. The summed E-state index contributed by atoms with van der Waals surface area (Å²) in [5.41, 5.74) is 9.40. The zero-order valence-electron chi connectivity index (χ0n) is 18.6. The highest BCUT2D eigenvalue weighted by Gasteiger charge is 2.23. The van der Waals surface area contributed by atoms with Crippen molar-refractivity contribution in [2.45, 2.75) is 52.0 Å². The van der Waals surface area contributed by atoms with E-state index in [0.29, 0.717) is 11.0 Å². The molecule has 3 rings (SSSR count). The average Bonchev–Trinajstić information content (AvgIpc) is 3.15. The molecule has 1 N–H and O–H groups in total. The average molecular weight is 451 g/mol. The lowest BCUT2D eigenvalue weighted by Gasteiger charge is -2.24. The maximum Gasteiger partial charge on any atom is 0.407 e. The van der Waals surface area contributed by atoms with Crippen molar-refractivity contribution < 1.29 is 19.1 Å². The Labute approximate surface area is 190 Å². The highest BCUT2D eigenvalue weighted by atomic mass is 16.6. The molecule has 3 aromatic rings. The van der Waals surface area contributed by atoms with Gasteiger partial charge in [-0.3, -0.25) is 4.79 Å². The summed E-state index contributed by atoms with van der Waals surface area (Å²) in [7, 11) is 0. The summed E-state index contributed by atoms with van der Waals surface area (Å²) in [5, 5.41) is 6.86. The van der Waals surface area contributed by atoms with E-state index in [1.54, 1.807) is 37.6 Å². The number of aromatic nitrogens is 3. The molecule has 1 aromatic carbocycles. The maximum atomic E-state index is 12.5. The van der Waals surface area contributed by atoms with Gasteiger partial charge in [0.15, 0.2) is 0 Å². The van der Waals surface area contributed by atoms with Gasteiger partial charge in [-0.05, 0) is 43.0 Å². The molecule has 11 nitrogen and oxygen atoms in total. The fourth-order valence-corrected chi connectivity index (χ4v) is 3.13. The van der Waals surface area contributed by atoms with E-state index in [0.717, 1.165) is 5.56 Å². The number of hydrogen-bond donors (Lipinski definition) is 1. The minimum Gasteiger partial charge on any atom is -0.461 e. The molecule has 0 radical (unpaired) electrons. The van der Waals surface area contributed by atoms with Crippen molar-refractivity contribution in [1.82, 2.24) is 19.9 Å². The SMILES string of the molecule is CC(C)(C)OC(=O)N[C@@H](CC(=O)OCc1ccccc1)Cn1ccc2c(N=[N+]=[N-])ncnc21. The second-order valence-corrected chi connectivity index (χ2v) is 8.29. The predicted octanol–water partition coefficient (Wildman–Crippen LogP) is 4.40. The molecule has 0 aliphatic rings. The van der Waals surface area contributed by atoms with Gasteiger partial charge in [-0.2, -0.15) is 0 Å². The van der Waals surface area contributed by atoms with Crippen molar-refractivity contribution in [3.8, 4) is 0 Å². The van der Waals surface area contributed by atoms with Crippen LogP contribution in [0.2, 0.25) is 0 Å². The summed E-state index contributed by atoms with van der Waals surface area (Å²) in [6.45, 7) is 5.60. The number of alkyl carbamates (subject to hydrolysis) is 1. The highest BCUT2D eigenvalue weighted by molar-refractivity contribution is 5.85. The van der Waals surface area contributed by atoms with Crippen molar-refractivity contribution in [3.63, 3.8) is 0 Å². The normalized spacial score (nSPS) is 12.0. The first kappa shape index (κ1) is 23.6. The largest absolute Gasteiger partial charge is 0.461 e. The lowest BCUT2D eigenvalue weighted by atomic mass is 10.2. The van der Waals surface area contributed by atoms with Crippen LogP contribution >= 0.6 is 0 Å². The summed E-state index contributed by atoms with van der Waals surface area (Å²) in [5.74, 6) is -0.277. The van der Waals surface area contributed by atoms with E-state index in [9.17, 15) is 9.59 Å². The Bertz CT molecular complexity index is 1160. The van der Waals surface area contributed by atoms with Crippen LogP contribution in [-0.4, -0.2) is 38.2 Å². The van der Waals surface area contributed by atoms with E-state index in [2.05, 4.69) is 25.3 Å². The quantitative estimate of drug-likeness (QED) is 0.233. The van der Waals surface area contributed by atoms with Crippen LogP contribution in [0.15, 0.2) is 54.0 Å². The number of carbonyl (C=O) groups is 2. The van der Waals surface area contributed by atoms with Crippen LogP contribution in [0.3, 0.4) is 0 Å². The first-order valence-electron chi connectivity index (χ1n) is 10.3. The molecule has 172 valence electrons. The smallest absolute Gasteiger partial charge is 0.407 e. The van der Waals surface area contributed by atoms with Crippen molar-refractivity contribution in [2.75, 3.05) is 0 Å². The van der Waals surface area contributed by atoms with Gasteiger partial charge in [0.2, 0.25) is 0 Å². The minimum absolute atomic E-state index is 0.0833. The van der Waals surface area contributed by atoms with Crippen LogP contribution in [0.1, 0.15) is 32.8 Å². The fourth-order valence-electron chi connectivity index (χ4n) is 3.13. The number of ether oxygens (including phenoxy) is 2. The lowest BCUT2D eigenvalue weighted by molar-refractivity contribution is -0.145. The predicted molar refractivity (Wildman–Crippen MR) is 120 cm³/mol. The molecule has 0 spiro atoms. The summed E-state index contributed by atoms with van der Waals surface area (Å²) < 4.78 is 12.5. The Kier molecular flexibility index (Phi) is 7.47. The number of nitrogens with one attached hydrogen (secondary N) is 1. The number of nitrogens with zero attached hydrogens (tertiary/aromatic N) is 6. The topological polar surface area (TPSA) is 144 Å². The number of azide groups is 1. The van der Waals surface area contributed by atoms with Gasteiger partial charge in [0, 0.05) is 23.0 Å². The second-order valence-electron chi connectivity index (χ2n) is 8.29. The zero-order chi connectivity index (χ0) is 23.8. The fraction of sp³-hybridized carbons (Fsp3) is 0.364. The number of benzene rings is 1. The third kappa shape index (κ3) is 6.94. The molecule has 0 saturated heterocycles. The number of amides is 1. The number of rotatable bonds is 8. The van der Waals surface area contributed by atoms with Crippen molar-refractivity contribution >= 4 is 28.9 Å². The lowest BCUT2D eigenvalue weighted by Crippen LogP contribution is -2.42. The molecular weight excluding hydrogens is 426 g/mol. The van der Waals surface area contributed by atoms with Crippen molar-refractivity contribution in [1.29, 1.82) is 0 Å². The molecule has 11 heteroatoms. The molecule has 2 aromatic heterocycles. The van der Waals surface area contributed by atoms with Gasteiger partial charge in [0.05, 0.1) is 12.5 Å². The van der Waals surface area contributed by atoms with Gasteiger partial charge in [0.1, 0.15) is 30.0 Å². The molecule has 0 fully saturated rings. The van der Waals surface area contributed by atoms with E-state index in [-0.39, 0.29) is 25.4 Å². The van der Waals surface area contributed by atoms with Crippen LogP contribution in [-0.2, 0) is 27.4 Å². The van der Waals surface area contributed by atoms with Crippen LogP contribution in [0.4, 0.5) is 10.6 Å². The molecule has 0 bridgehead atoms. The molecule has 0 aliphatic carbocycles. The Morgan fingerprint density at radius 3 is 2.67 bits per heavy atom. The van der Waals surface area contributed by atoms with E-state index < -0.39 is 23.7 Å². The molecule has 1 amide bonds. The summed E-state index contributed by atoms with van der Waals surface area (Å²) in [6.07, 6.45) is 2.27. The third-order valence-corrected chi connectivity index (χ3v) is 4.47. The summed E-state index contributed by atoms with van der Waals surface area (Å²) >= 11 is 0. The zero-order valence-corrected chi connectivity index (χ0v) is 18.6. The molecular formula is C22H25N7O4. The Morgan fingerprint density at radius 2 is 1.97 bits per heavy atom. The van der Waals surface area contributed by atoms with Gasteiger partial charge in [-0.15, -0.1) is 0 Å². The molecule has 0 aliphatic heterocycles. The summed E-state index contributed by atoms with van der Waals surface area (Å²) in [4.78, 5) is 35.9. The molecule has 1 atom stereocenters. The second kappa shape index (κ2) is 10.5. The Morgan fingerprint density at radius 1 is 1.21 bits per heavy atom. The van der Waals surface area contributed by atoms with E-state index in [1.807, 2.05) is 30.3 Å². The van der Waals surface area contributed by atoms with Crippen LogP contribution in [0.5, 0.6) is 0 Å². The van der Waals surface area contributed by atoms with E-state index in [1.165, 1.54) is 6.33 Å². The standard InChI is InChI=1S/C22H25N7O4/c1-22(2,3)33-21(31)26-16(11-18(30)32-13-15-7-5-4-6-8-15)12-29-10-9-17-19(27-28-23)24-14-25-20(17)29/h4-10,14,16H,11-13H2,1-3H3,(H,26,31)/t16-/m0/s1. The Hall–Kier alpha value is -4.11. The van der Waals surface area contributed by atoms with Crippen molar-refractivity contribution in [3.05, 3.63) is 64.9 Å². The number of hydrogen-bond acceptors (Lipinski definition) is 7. The third-order valence-electron chi connectivity index (χ3n) is 4.47. The van der Waals surface area contributed by atoms with Gasteiger partial charge < -0.3 is 19.4 Å². The van der Waals surface area contributed by atoms with Crippen molar-refractivity contribution in [2.24, 2.45) is 5.11 Å². The van der Waals surface area contributed by atoms with Crippen LogP contribution in [0, 0.1) is 0 Å². The number of esters is 1. The van der Waals surface area contributed by atoms with Gasteiger partial charge in [-0.1, -0.05) is 30.3 Å². The molecule has 0 unspecified atom stereocenters. The highest BCUT2D eigenvalue weighted by Crippen LogP contribution is 2.23. The Balaban J connectivity index is 1.76. The van der Waals surface area contributed by atoms with Crippen LogP contribution < -0.4 is 5.32 Å². The maximum absolute atomic E-state index is 12.5. The number of fused-ring (bicyclic) bond motifs is 1. The number of carbonyl (C=O) groups excluding carboxylic acids is 2. The van der Waals surface area contributed by atoms with Gasteiger partial charge in [-0.25, -0.2) is 14.8 Å². The molecule has 2 heterocycles. The minimum atomic E-state index is -0.694. The first-order valence-corrected chi connectivity index (χ1v) is 10.3. The molecule has 0 saturated carbocycles. The van der Waals surface area contributed by atoms with Crippen LogP contribution in [0.25, 0.3) is 21.5 Å².